The van der Waals surface area contributed by atoms with Gasteiger partial charge in [0, 0.05) is 24.7 Å². The zero-order chi connectivity index (χ0) is 16.8. The Hall–Kier alpha value is -2.47. The summed E-state index contributed by atoms with van der Waals surface area (Å²) in [6.07, 6.45) is 0. The number of rotatable bonds is 6. The molecule has 6 heteroatoms. The van der Waals surface area contributed by atoms with Gasteiger partial charge in [0.25, 0.3) is 5.91 Å². The molecule has 0 radical (unpaired) electrons. The molecule has 0 saturated carbocycles. The minimum Gasteiger partial charge on any atom is -0.454 e. The first-order valence-corrected chi connectivity index (χ1v) is 7.18. The first kappa shape index (κ1) is 16.9. The Morgan fingerprint density at radius 1 is 1.17 bits per heavy atom. The summed E-state index contributed by atoms with van der Waals surface area (Å²) in [6, 6.07) is 9.21. The van der Waals surface area contributed by atoms with Crippen LogP contribution in [0.3, 0.4) is 0 Å². The lowest BCUT2D eigenvalue weighted by Gasteiger charge is -2.19. The third-order valence-corrected chi connectivity index (χ3v) is 3.26. The maximum atomic E-state index is 13.5. The molecule has 0 aliphatic rings. The Morgan fingerprint density at radius 3 is 2.43 bits per heavy atom. The average Bonchev–Trinajstić information content (AvgIpc) is 2.55. The van der Waals surface area contributed by atoms with Crippen molar-refractivity contribution < 1.29 is 23.4 Å². The fourth-order valence-corrected chi connectivity index (χ4v) is 2.06. The summed E-state index contributed by atoms with van der Waals surface area (Å²) >= 11 is 0. The van der Waals surface area contributed by atoms with Crippen molar-refractivity contribution in [2.24, 2.45) is 0 Å². The Morgan fingerprint density at radius 2 is 1.87 bits per heavy atom. The normalized spacial score (nSPS) is 10.4. The van der Waals surface area contributed by atoms with E-state index in [0.717, 1.165) is 12.1 Å². The standard InChI is InChI=1S/C17H17F2NO3/c1-2-20(9-10-21)17(22)12-3-6-14(7-4-12)23-16-8-5-13(18)11-15(16)19/h3-8,11,21H,2,9-10H2,1H3. The molecular formula is C17H17F2NO3. The van der Waals surface area contributed by atoms with Crippen LogP contribution in [0.15, 0.2) is 42.5 Å². The van der Waals surface area contributed by atoms with Crippen molar-refractivity contribution in [2.75, 3.05) is 19.7 Å². The lowest BCUT2D eigenvalue weighted by Crippen LogP contribution is -2.33. The minimum absolute atomic E-state index is 0.0964. The number of nitrogens with zero attached hydrogens (tertiary/aromatic N) is 1. The van der Waals surface area contributed by atoms with Crippen LogP contribution in [0.1, 0.15) is 17.3 Å². The fraction of sp³-hybridized carbons (Fsp3) is 0.235. The van der Waals surface area contributed by atoms with Crippen LogP contribution in [0.4, 0.5) is 8.78 Å². The molecule has 0 unspecified atom stereocenters. The lowest BCUT2D eigenvalue weighted by atomic mass is 10.2. The van der Waals surface area contributed by atoms with Crippen molar-refractivity contribution in [1.29, 1.82) is 0 Å². The molecule has 0 saturated heterocycles. The lowest BCUT2D eigenvalue weighted by molar-refractivity contribution is 0.0732. The third-order valence-electron chi connectivity index (χ3n) is 3.26. The Bertz CT molecular complexity index is 674. The zero-order valence-electron chi connectivity index (χ0n) is 12.6. The molecule has 0 atom stereocenters. The first-order valence-electron chi connectivity index (χ1n) is 7.18. The van der Waals surface area contributed by atoms with Gasteiger partial charge in [-0.15, -0.1) is 0 Å². The van der Waals surface area contributed by atoms with Gasteiger partial charge in [-0.2, -0.15) is 0 Å². The van der Waals surface area contributed by atoms with Crippen molar-refractivity contribution in [2.45, 2.75) is 6.92 Å². The van der Waals surface area contributed by atoms with Crippen molar-refractivity contribution >= 4 is 5.91 Å². The maximum absolute atomic E-state index is 13.5. The molecule has 4 nitrogen and oxygen atoms in total. The molecular weight excluding hydrogens is 304 g/mol. The van der Waals surface area contributed by atoms with Crippen molar-refractivity contribution in [1.82, 2.24) is 4.90 Å². The van der Waals surface area contributed by atoms with Crippen LogP contribution in [-0.4, -0.2) is 35.6 Å². The molecule has 0 bridgehead atoms. The molecule has 0 aromatic heterocycles. The quantitative estimate of drug-likeness (QED) is 0.889. The molecule has 2 aromatic rings. The second-order valence-electron chi connectivity index (χ2n) is 4.81. The van der Waals surface area contributed by atoms with Crippen LogP contribution in [0.2, 0.25) is 0 Å². The highest BCUT2D eigenvalue weighted by atomic mass is 19.1. The summed E-state index contributed by atoms with van der Waals surface area (Å²) in [5.74, 6) is -1.45. The molecule has 0 spiro atoms. The molecule has 0 heterocycles. The summed E-state index contributed by atoms with van der Waals surface area (Å²) in [7, 11) is 0. The Labute approximate surface area is 132 Å². The molecule has 0 aliphatic heterocycles. The highest BCUT2D eigenvalue weighted by molar-refractivity contribution is 5.94. The first-order chi connectivity index (χ1) is 11.0. The van der Waals surface area contributed by atoms with Crippen molar-refractivity contribution in [3.63, 3.8) is 0 Å². The third kappa shape index (κ3) is 4.26. The second-order valence-corrected chi connectivity index (χ2v) is 4.81. The smallest absolute Gasteiger partial charge is 0.253 e. The molecule has 122 valence electrons. The summed E-state index contributed by atoms with van der Waals surface area (Å²) < 4.78 is 31.7. The molecule has 0 aliphatic carbocycles. The van der Waals surface area contributed by atoms with Gasteiger partial charge in [0.1, 0.15) is 11.6 Å². The number of hydrogen-bond donors (Lipinski definition) is 1. The summed E-state index contributed by atoms with van der Waals surface area (Å²) in [6.45, 7) is 2.46. The van der Waals surface area contributed by atoms with Crippen LogP contribution in [-0.2, 0) is 0 Å². The fourth-order valence-electron chi connectivity index (χ4n) is 2.06. The second kappa shape index (κ2) is 7.69. The largest absolute Gasteiger partial charge is 0.454 e. The van der Waals surface area contributed by atoms with E-state index < -0.39 is 11.6 Å². The predicted octanol–water partition coefficient (Wildman–Crippen LogP) is 3.21. The van der Waals surface area contributed by atoms with Gasteiger partial charge in [-0.25, -0.2) is 8.78 Å². The average molecular weight is 321 g/mol. The van der Waals surface area contributed by atoms with Gasteiger partial charge in [0.2, 0.25) is 0 Å². The van der Waals surface area contributed by atoms with Crippen molar-refractivity contribution in [3.05, 3.63) is 59.7 Å². The van der Waals surface area contributed by atoms with Gasteiger partial charge < -0.3 is 14.7 Å². The SMILES string of the molecule is CCN(CCO)C(=O)c1ccc(Oc2ccc(F)cc2F)cc1. The predicted molar refractivity (Wildman–Crippen MR) is 81.5 cm³/mol. The number of aliphatic hydroxyl groups excluding tert-OH is 1. The number of amides is 1. The Balaban J connectivity index is 2.11. The minimum atomic E-state index is -0.801. The monoisotopic (exact) mass is 321 g/mol. The van der Waals surface area contributed by atoms with E-state index in [-0.39, 0.29) is 24.8 Å². The summed E-state index contributed by atoms with van der Waals surface area (Å²) in [5, 5.41) is 8.94. The van der Waals surface area contributed by atoms with E-state index in [1.165, 1.54) is 23.1 Å². The van der Waals surface area contributed by atoms with Crippen LogP contribution >= 0.6 is 0 Å². The number of ether oxygens (including phenoxy) is 1. The molecule has 1 amide bonds. The zero-order valence-corrected chi connectivity index (χ0v) is 12.6. The van der Waals surface area contributed by atoms with Crippen molar-refractivity contribution in [3.8, 4) is 11.5 Å². The van der Waals surface area contributed by atoms with Crippen LogP contribution in [0.5, 0.6) is 11.5 Å². The summed E-state index contributed by atoms with van der Waals surface area (Å²) in [4.78, 5) is 13.7. The number of carbonyl (C=O) groups excluding carboxylic acids is 1. The van der Waals surface area contributed by atoms with Gasteiger partial charge in [-0.3, -0.25) is 4.79 Å². The van der Waals surface area contributed by atoms with E-state index in [4.69, 9.17) is 9.84 Å². The molecule has 1 N–H and O–H groups in total. The van der Waals surface area contributed by atoms with Gasteiger partial charge >= 0.3 is 0 Å². The maximum Gasteiger partial charge on any atom is 0.253 e. The van der Waals surface area contributed by atoms with E-state index in [0.29, 0.717) is 17.9 Å². The van der Waals surface area contributed by atoms with E-state index in [1.807, 2.05) is 6.92 Å². The van der Waals surface area contributed by atoms with E-state index >= 15 is 0 Å². The highest BCUT2D eigenvalue weighted by Gasteiger charge is 2.14. The number of carbonyl (C=O) groups is 1. The Kier molecular flexibility index (Phi) is 5.65. The number of likely N-dealkylation sites (N-methyl/N-ethyl adjacent to an activating group) is 1. The van der Waals surface area contributed by atoms with Gasteiger partial charge in [0.05, 0.1) is 6.61 Å². The number of halogens is 2. The van der Waals surface area contributed by atoms with Gasteiger partial charge in [-0.1, -0.05) is 0 Å². The number of hydrogen-bond acceptors (Lipinski definition) is 3. The van der Waals surface area contributed by atoms with Crippen LogP contribution in [0, 0.1) is 11.6 Å². The van der Waals surface area contributed by atoms with Crippen LogP contribution in [0.25, 0.3) is 0 Å². The highest BCUT2D eigenvalue weighted by Crippen LogP contribution is 2.25. The molecule has 0 fully saturated rings. The van der Waals surface area contributed by atoms with E-state index in [9.17, 15) is 13.6 Å². The number of aliphatic hydroxyl groups is 1. The van der Waals surface area contributed by atoms with E-state index in [2.05, 4.69) is 0 Å². The number of benzene rings is 2. The molecule has 2 aromatic carbocycles. The van der Waals surface area contributed by atoms with Crippen LogP contribution < -0.4 is 4.74 Å². The molecule has 2 rings (SSSR count). The molecule has 23 heavy (non-hydrogen) atoms. The summed E-state index contributed by atoms with van der Waals surface area (Å²) in [5.41, 5.74) is 0.437. The van der Waals surface area contributed by atoms with Gasteiger partial charge in [0.15, 0.2) is 11.6 Å². The van der Waals surface area contributed by atoms with Gasteiger partial charge in [-0.05, 0) is 43.3 Å². The topological polar surface area (TPSA) is 49.8 Å². The van der Waals surface area contributed by atoms with E-state index in [1.54, 1.807) is 12.1 Å².